The van der Waals surface area contributed by atoms with Crippen molar-refractivity contribution in [2.45, 2.75) is 25.3 Å². The molecule has 0 fully saturated rings. The molecule has 0 bridgehead atoms. The van der Waals surface area contributed by atoms with Crippen LogP contribution in [0.2, 0.25) is 0 Å². The van der Waals surface area contributed by atoms with Crippen molar-refractivity contribution in [3.8, 4) is 0 Å². The molecule has 1 unspecified atom stereocenters. The Hall–Kier alpha value is -0.610. The molecule has 0 aromatic heterocycles. The van der Waals surface area contributed by atoms with Gasteiger partial charge in [-0.1, -0.05) is 0 Å². The third-order valence-corrected chi connectivity index (χ3v) is 1.20. The Morgan fingerprint density at radius 2 is 2.20 bits per heavy atom. The summed E-state index contributed by atoms with van der Waals surface area (Å²) in [5.74, 6) is -0.815. The second-order valence-corrected chi connectivity index (χ2v) is 2.23. The number of aliphatic carboxylic acids is 1. The third kappa shape index (κ3) is 5.53. The minimum absolute atomic E-state index is 0.0698. The largest absolute Gasteiger partial charge is 0.481 e. The number of aliphatic hydroxyl groups excluding tert-OH is 1. The average molecular weight is 147 g/mol. The number of aliphatic hydroxyl groups is 1. The SMILES string of the molecule is NC(CO)CCCC(=O)O. The van der Waals surface area contributed by atoms with Crippen LogP contribution in [0, 0.1) is 0 Å². The molecule has 0 aromatic rings. The first-order valence-electron chi connectivity index (χ1n) is 3.25. The minimum atomic E-state index is -0.815. The van der Waals surface area contributed by atoms with E-state index < -0.39 is 5.97 Å². The van der Waals surface area contributed by atoms with Crippen molar-refractivity contribution in [3.05, 3.63) is 0 Å². The fraction of sp³-hybridized carbons (Fsp3) is 0.833. The van der Waals surface area contributed by atoms with Crippen molar-refractivity contribution < 1.29 is 15.0 Å². The van der Waals surface area contributed by atoms with Gasteiger partial charge in [0, 0.05) is 12.5 Å². The van der Waals surface area contributed by atoms with Gasteiger partial charge in [0.2, 0.25) is 0 Å². The highest BCUT2D eigenvalue weighted by molar-refractivity contribution is 5.66. The maximum Gasteiger partial charge on any atom is 0.303 e. The van der Waals surface area contributed by atoms with Crippen LogP contribution >= 0.6 is 0 Å². The summed E-state index contributed by atoms with van der Waals surface area (Å²) in [6, 6.07) is -0.264. The van der Waals surface area contributed by atoms with E-state index in [4.69, 9.17) is 15.9 Å². The van der Waals surface area contributed by atoms with Gasteiger partial charge >= 0.3 is 5.97 Å². The summed E-state index contributed by atoms with van der Waals surface area (Å²) >= 11 is 0. The minimum Gasteiger partial charge on any atom is -0.481 e. The summed E-state index contributed by atoms with van der Waals surface area (Å²) in [5.41, 5.74) is 5.32. The third-order valence-electron chi connectivity index (χ3n) is 1.20. The molecule has 0 aliphatic heterocycles. The van der Waals surface area contributed by atoms with E-state index in [9.17, 15) is 4.79 Å². The Balaban J connectivity index is 3.11. The van der Waals surface area contributed by atoms with Crippen molar-refractivity contribution in [3.63, 3.8) is 0 Å². The Labute approximate surface area is 59.7 Å². The van der Waals surface area contributed by atoms with Crippen molar-refractivity contribution in [1.82, 2.24) is 0 Å². The Morgan fingerprint density at radius 1 is 1.60 bits per heavy atom. The van der Waals surface area contributed by atoms with Crippen LogP contribution in [0.4, 0.5) is 0 Å². The second kappa shape index (κ2) is 5.20. The molecule has 0 aliphatic rings. The standard InChI is InChI=1S/C6H13NO3/c7-5(4-8)2-1-3-6(9)10/h5,8H,1-4,7H2,(H,9,10). The van der Waals surface area contributed by atoms with E-state index in [0.29, 0.717) is 12.8 Å². The molecular weight excluding hydrogens is 134 g/mol. The summed E-state index contributed by atoms with van der Waals surface area (Å²) in [5, 5.41) is 16.6. The molecule has 0 amide bonds. The van der Waals surface area contributed by atoms with Gasteiger partial charge in [0.05, 0.1) is 6.61 Å². The fourth-order valence-electron chi connectivity index (χ4n) is 0.607. The molecule has 0 saturated carbocycles. The first-order valence-corrected chi connectivity index (χ1v) is 3.25. The highest BCUT2D eigenvalue weighted by Gasteiger charge is 2.01. The monoisotopic (exact) mass is 147 g/mol. The van der Waals surface area contributed by atoms with Gasteiger partial charge in [-0.25, -0.2) is 0 Å². The number of carboxylic acid groups (broad SMARTS) is 1. The molecule has 1 atom stereocenters. The molecule has 10 heavy (non-hydrogen) atoms. The zero-order chi connectivity index (χ0) is 7.98. The van der Waals surface area contributed by atoms with Gasteiger partial charge in [0.15, 0.2) is 0 Å². The lowest BCUT2D eigenvalue weighted by Gasteiger charge is -2.04. The summed E-state index contributed by atoms with van der Waals surface area (Å²) < 4.78 is 0. The highest BCUT2D eigenvalue weighted by Crippen LogP contribution is 1.97. The van der Waals surface area contributed by atoms with Gasteiger partial charge in [0.1, 0.15) is 0 Å². The summed E-state index contributed by atoms with van der Waals surface area (Å²) in [6.45, 7) is -0.0698. The van der Waals surface area contributed by atoms with Gasteiger partial charge in [-0.2, -0.15) is 0 Å². The molecule has 60 valence electrons. The van der Waals surface area contributed by atoms with Gasteiger partial charge in [-0.3, -0.25) is 4.79 Å². The number of rotatable bonds is 5. The maximum atomic E-state index is 9.97. The van der Waals surface area contributed by atoms with Crippen LogP contribution in [-0.4, -0.2) is 28.8 Å². The van der Waals surface area contributed by atoms with E-state index in [1.54, 1.807) is 0 Å². The van der Waals surface area contributed by atoms with Crippen molar-refractivity contribution in [2.75, 3.05) is 6.61 Å². The van der Waals surface area contributed by atoms with E-state index >= 15 is 0 Å². The van der Waals surface area contributed by atoms with Crippen LogP contribution in [0.3, 0.4) is 0 Å². The van der Waals surface area contributed by atoms with Crippen LogP contribution in [0.1, 0.15) is 19.3 Å². The molecule has 0 rings (SSSR count). The van der Waals surface area contributed by atoms with Gasteiger partial charge in [0.25, 0.3) is 0 Å². The molecule has 4 nitrogen and oxygen atoms in total. The lowest BCUT2D eigenvalue weighted by molar-refractivity contribution is -0.137. The lowest BCUT2D eigenvalue weighted by atomic mass is 10.1. The van der Waals surface area contributed by atoms with E-state index in [1.165, 1.54) is 0 Å². The number of nitrogens with two attached hydrogens (primary N) is 1. The fourth-order valence-corrected chi connectivity index (χ4v) is 0.607. The van der Waals surface area contributed by atoms with Crippen molar-refractivity contribution in [1.29, 1.82) is 0 Å². The molecular formula is C6H13NO3. The summed E-state index contributed by atoms with van der Waals surface area (Å²) in [7, 11) is 0. The predicted molar refractivity (Wildman–Crippen MR) is 36.5 cm³/mol. The number of hydrogen-bond acceptors (Lipinski definition) is 3. The molecule has 0 radical (unpaired) electrons. The van der Waals surface area contributed by atoms with E-state index in [0.717, 1.165) is 0 Å². The van der Waals surface area contributed by atoms with Gasteiger partial charge in [-0.05, 0) is 12.8 Å². The van der Waals surface area contributed by atoms with E-state index in [1.807, 2.05) is 0 Å². The topological polar surface area (TPSA) is 83.5 Å². The maximum absolute atomic E-state index is 9.97. The quantitative estimate of drug-likeness (QED) is 0.492. The lowest BCUT2D eigenvalue weighted by Crippen LogP contribution is -2.24. The molecule has 0 aromatic carbocycles. The first kappa shape index (κ1) is 9.39. The number of carboxylic acids is 1. The molecule has 0 spiro atoms. The van der Waals surface area contributed by atoms with Crippen LogP contribution in [0.25, 0.3) is 0 Å². The van der Waals surface area contributed by atoms with Crippen LogP contribution in [-0.2, 0) is 4.79 Å². The van der Waals surface area contributed by atoms with E-state index in [-0.39, 0.29) is 19.1 Å². The van der Waals surface area contributed by atoms with Gasteiger partial charge in [-0.15, -0.1) is 0 Å². The summed E-state index contributed by atoms with van der Waals surface area (Å²) in [4.78, 5) is 9.97. The molecule has 4 N–H and O–H groups in total. The van der Waals surface area contributed by atoms with Crippen molar-refractivity contribution in [2.24, 2.45) is 5.73 Å². The summed E-state index contributed by atoms with van der Waals surface area (Å²) in [6.07, 6.45) is 1.24. The molecule has 4 heteroatoms. The van der Waals surface area contributed by atoms with Gasteiger partial charge < -0.3 is 15.9 Å². The zero-order valence-electron chi connectivity index (χ0n) is 5.79. The highest BCUT2D eigenvalue weighted by atomic mass is 16.4. The van der Waals surface area contributed by atoms with Crippen LogP contribution in [0.5, 0.6) is 0 Å². The van der Waals surface area contributed by atoms with Crippen molar-refractivity contribution >= 4 is 5.97 Å². The van der Waals surface area contributed by atoms with Crippen LogP contribution < -0.4 is 5.73 Å². The molecule has 0 heterocycles. The molecule has 0 saturated heterocycles. The second-order valence-electron chi connectivity index (χ2n) is 2.23. The predicted octanol–water partition coefficient (Wildman–Crippen LogP) is -0.439. The Bertz CT molecular complexity index is 105. The number of carbonyl (C=O) groups is 1. The Morgan fingerprint density at radius 3 is 2.60 bits per heavy atom. The van der Waals surface area contributed by atoms with Crippen LogP contribution in [0.15, 0.2) is 0 Å². The Kier molecular flexibility index (Phi) is 4.88. The average Bonchev–Trinajstić information content (AvgIpc) is 1.87. The zero-order valence-corrected chi connectivity index (χ0v) is 5.79. The smallest absolute Gasteiger partial charge is 0.303 e. The molecule has 0 aliphatic carbocycles. The van der Waals surface area contributed by atoms with E-state index in [2.05, 4.69) is 0 Å². The number of hydrogen-bond donors (Lipinski definition) is 3. The normalized spacial score (nSPS) is 13.0. The first-order chi connectivity index (χ1) is 4.66.